The fourth-order valence-electron chi connectivity index (χ4n) is 3.29. The van der Waals surface area contributed by atoms with E-state index in [1.807, 2.05) is 34.9 Å². The van der Waals surface area contributed by atoms with Gasteiger partial charge < -0.3 is 9.67 Å². The van der Waals surface area contributed by atoms with Gasteiger partial charge in [0.1, 0.15) is 11.6 Å². The van der Waals surface area contributed by atoms with E-state index in [0.717, 1.165) is 30.7 Å². The minimum Gasteiger partial charge on any atom is -0.478 e. The molecule has 1 N–H and O–H groups in total. The summed E-state index contributed by atoms with van der Waals surface area (Å²) in [6.07, 6.45) is 6.19. The van der Waals surface area contributed by atoms with E-state index in [9.17, 15) is 14.3 Å². The van der Waals surface area contributed by atoms with E-state index in [-0.39, 0.29) is 18.5 Å². The third-order valence-corrected chi connectivity index (χ3v) is 5.29. The van der Waals surface area contributed by atoms with Crippen molar-refractivity contribution in [1.29, 1.82) is 0 Å². The van der Waals surface area contributed by atoms with Gasteiger partial charge in [0, 0.05) is 29.0 Å². The third kappa shape index (κ3) is 5.36. The minimum absolute atomic E-state index is 0.189. The smallest absolute Gasteiger partial charge is 0.331 e. The number of unbranched alkanes of at least 4 members (excludes halogenated alkanes) is 1. The van der Waals surface area contributed by atoms with Gasteiger partial charge in [-0.2, -0.15) is 0 Å². The highest BCUT2D eigenvalue weighted by molar-refractivity contribution is 6.31. The van der Waals surface area contributed by atoms with Gasteiger partial charge in [0.15, 0.2) is 0 Å². The molecule has 0 bridgehead atoms. The zero-order chi connectivity index (χ0) is 21.5. The summed E-state index contributed by atoms with van der Waals surface area (Å²) >= 11 is 6.24. The number of benzene rings is 2. The van der Waals surface area contributed by atoms with Gasteiger partial charge >= 0.3 is 5.97 Å². The van der Waals surface area contributed by atoms with Crippen LogP contribution in [-0.2, 0) is 24.2 Å². The molecule has 1 aromatic heterocycles. The topological polar surface area (TPSA) is 55.1 Å². The van der Waals surface area contributed by atoms with Crippen LogP contribution in [0, 0.1) is 5.82 Å². The molecule has 0 amide bonds. The average Bonchev–Trinajstić information content (AvgIpc) is 3.10. The van der Waals surface area contributed by atoms with Crippen molar-refractivity contribution in [2.24, 2.45) is 0 Å². The fraction of sp³-hybridized carbons (Fsp3) is 0.250. The monoisotopic (exact) mass is 426 g/mol. The van der Waals surface area contributed by atoms with E-state index in [4.69, 9.17) is 11.6 Å². The standard InChI is InChI=1S/C24H24ClFN2O2/c1-2-3-12-23-27-15-19(28(23)16-20-21(25)10-7-11-22(20)26)14-18(24(29)30)13-17-8-5-4-6-9-17/h4-11,14-15H,2-3,12-13,16H2,1H3,(H,29,30)/b18-14+. The molecular weight excluding hydrogens is 403 g/mol. The number of carboxylic acid groups (broad SMARTS) is 1. The Morgan fingerprint density at radius 2 is 1.97 bits per heavy atom. The highest BCUT2D eigenvalue weighted by Crippen LogP contribution is 2.23. The summed E-state index contributed by atoms with van der Waals surface area (Å²) in [7, 11) is 0. The first-order chi connectivity index (χ1) is 14.5. The van der Waals surface area contributed by atoms with Gasteiger partial charge in [-0.05, 0) is 30.2 Å². The molecule has 3 aromatic rings. The maximum atomic E-state index is 14.4. The van der Waals surface area contributed by atoms with Gasteiger partial charge in [-0.1, -0.05) is 61.3 Å². The van der Waals surface area contributed by atoms with Gasteiger partial charge in [-0.25, -0.2) is 14.2 Å². The van der Waals surface area contributed by atoms with Gasteiger partial charge in [-0.3, -0.25) is 0 Å². The van der Waals surface area contributed by atoms with Crippen molar-refractivity contribution in [3.8, 4) is 0 Å². The Kier molecular flexibility index (Phi) is 7.41. The summed E-state index contributed by atoms with van der Waals surface area (Å²) in [5, 5.41) is 10.1. The summed E-state index contributed by atoms with van der Waals surface area (Å²) in [5.74, 6) is -0.604. The Labute approximate surface area is 180 Å². The number of rotatable bonds is 9. The second kappa shape index (κ2) is 10.2. The molecular formula is C24H24ClFN2O2. The second-order valence-electron chi connectivity index (χ2n) is 7.13. The number of hydrogen-bond acceptors (Lipinski definition) is 2. The molecule has 0 saturated carbocycles. The lowest BCUT2D eigenvalue weighted by Crippen LogP contribution is -2.10. The largest absolute Gasteiger partial charge is 0.478 e. The molecule has 0 radical (unpaired) electrons. The molecule has 0 spiro atoms. The lowest BCUT2D eigenvalue weighted by atomic mass is 10.0. The van der Waals surface area contributed by atoms with Crippen LogP contribution < -0.4 is 0 Å². The molecule has 0 saturated heterocycles. The molecule has 0 fully saturated rings. The van der Waals surface area contributed by atoms with E-state index in [0.29, 0.717) is 16.3 Å². The summed E-state index contributed by atoms with van der Waals surface area (Å²) in [5.41, 5.74) is 2.13. The number of carbonyl (C=O) groups is 1. The molecule has 156 valence electrons. The van der Waals surface area contributed by atoms with Crippen LogP contribution in [0.1, 0.15) is 42.4 Å². The highest BCUT2D eigenvalue weighted by atomic mass is 35.5. The molecule has 4 nitrogen and oxygen atoms in total. The molecule has 0 atom stereocenters. The summed E-state index contributed by atoms with van der Waals surface area (Å²) < 4.78 is 16.3. The van der Waals surface area contributed by atoms with E-state index in [1.54, 1.807) is 24.4 Å². The Balaban J connectivity index is 2.01. The third-order valence-electron chi connectivity index (χ3n) is 4.94. The summed E-state index contributed by atoms with van der Waals surface area (Å²) in [6, 6.07) is 14.0. The van der Waals surface area contributed by atoms with Crippen molar-refractivity contribution in [2.45, 2.75) is 39.2 Å². The SMILES string of the molecule is CCCCc1ncc(/C=C(\Cc2ccccc2)C(=O)O)n1Cc1c(F)cccc1Cl. The summed E-state index contributed by atoms with van der Waals surface area (Å²) in [6.45, 7) is 2.28. The molecule has 3 rings (SSSR count). The van der Waals surface area contributed by atoms with E-state index < -0.39 is 11.8 Å². The van der Waals surface area contributed by atoms with Gasteiger partial charge in [0.25, 0.3) is 0 Å². The van der Waals surface area contributed by atoms with Gasteiger partial charge in [0.2, 0.25) is 0 Å². The second-order valence-corrected chi connectivity index (χ2v) is 7.53. The average molecular weight is 427 g/mol. The van der Waals surface area contributed by atoms with Crippen molar-refractivity contribution in [3.63, 3.8) is 0 Å². The van der Waals surface area contributed by atoms with Crippen molar-refractivity contribution < 1.29 is 14.3 Å². The number of aliphatic carboxylic acids is 1. The molecule has 30 heavy (non-hydrogen) atoms. The van der Waals surface area contributed by atoms with Crippen molar-refractivity contribution in [1.82, 2.24) is 9.55 Å². The maximum absolute atomic E-state index is 14.4. The number of carboxylic acids is 1. The van der Waals surface area contributed by atoms with E-state index in [2.05, 4.69) is 11.9 Å². The zero-order valence-electron chi connectivity index (χ0n) is 16.8. The quantitative estimate of drug-likeness (QED) is 0.441. The maximum Gasteiger partial charge on any atom is 0.331 e. The van der Waals surface area contributed by atoms with Crippen molar-refractivity contribution in [2.75, 3.05) is 0 Å². The van der Waals surface area contributed by atoms with Crippen LogP contribution in [0.5, 0.6) is 0 Å². The predicted octanol–water partition coefficient (Wildman–Crippen LogP) is 5.78. The highest BCUT2D eigenvalue weighted by Gasteiger charge is 2.16. The number of aryl methyl sites for hydroxylation is 1. The van der Waals surface area contributed by atoms with Crippen LogP contribution in [0.2, 0.25) is 5.02 Å². The fourth-order valence-corrected chi connectivity index (χ4v) is 3.51. The summed E-state index contributed by atoms with van der Waals surface area (Å²) in [4.78, 5) is 16.4. The molecule has 2 aromatic carbocycles. The number of hydrogen-bond donors (Lipinski definition) is 1. The lowest BCUT2D eigenvalue weighted by molar-refractivity contribution is -0.132. The first-order valence-corrected chi connectivity index (χ1v) is 10.3. The molecule has 0 aliphatic heterocycles. The Bertz CT molecular complexity index is 1020. The first-order valence-electron chi connectivity index (χ1n) is 9.94. The van der Waals surface area contributed by atoms with Crippen LogP contribution >= 0.6 is 11.6 Å². The molecule has 6 heteroatoms. The number of imidazole rings is 1. The van der Waals surface area contributed by atoms with Gasteiger partial charge in [0.05, 0.1) is 18.4 Å². The van der Waals surface area contributed by atoms with Gasteiger partial charge in [-0.15, -0.1) is 0 Å². The first kappa shape index (κ1) is 21.8. The Morgan fingerprint density at radius 3 is 2.63 bits per heavy atom. The molecule has 0 aliphatic rings. The zero-order valence-corrected chi connectivity index (χ0v) is 17.6. The van der Waals surface area contributed by atoms with Crippen LogP contribution in [-0.4, -0.2) is 20.6 Å². The molecule has 0 aliphatic carbocycles. The molecule has 1 heterocycles. The Hall–Kier alpha value is -2.92. The van der Waals surface area contributed by atoms with E-state index in [1.165, 1.54) is 6.07 Å². The van der Waals surface area contributed by atoms with Crippen molar-refractivity contribution >= 4 is 23.6 Å². The van der Waals surface area contributed by atoms with Crippen LogP contribution in [0.25, 0.3) is 6.08 Å². The lowest BCUT2D eigenvalue weighted by Gasteiger charge is -2.13. The molecule has 0 unspecified atom stereocenters. The van der Waals surface area contributed by atoms with E-state index >= 15 is 0 Å². The van der Waals surface area contributed by atoms with Crippen LogP contribution in [0.3, 0.4) is 0 Å². The number of nitrogens with zero attached hydrogens (tertiary/aromatic N) is 2. The number of aromatic nitrogens is 2. The van der Waals surface area contributed by atoms with Crippen LogP contribution in [0.15, 0.2) is 60.3 Å². The number of halogens is 2. The minimum atomic E-state index is -0.995. The predicted molar refractivity (Wildman–Crippen MR) is 117 cm³/mol. The van der Waals surface area contributed by atoms with Crippen molar-refractivity contribution in [3.05, 3.63) is 93.8 Å². The Morgan fingerprint density at radius 1 is 1.20 bits per heavy atom. The van der Waals surface area contributed by atoms with Crippen LogP contribution in [0.4, 0.5) is 4.39 Å². The normalized spacial score (nSPS) is 11.6.